The maximum absolute atomic E-state index is 5.95. The van der Waals surface area contributed by atoms with Gasteiger partial charge < -0.3 is 4.90 Å². The average molecular weight is 359 g/mol. The first-order valence-electron chi connectivity index (χ1n) is 7.63. The molecule has 112 valence electrons. The molecule has 1 aliphatic rings. The van der Waals surface area contributed by atoms with Crippen molar-refractivity contribution < 1.29 is 0 Å². The van der Waals surface area contributed by atoms with Crippen LogP contribution in [0.1, 0.15) is 44.1 Å². The lowest BCUT2D eigenvalue weighted by Crippen LogP contribution is -2.36. The molecule has 1 saturated carbocycles. The number of benzene rings is 1. The van der Waals surface area contributed by atoms with Crippen LogP contribution in [0.5, 0.6) is 0 Å². The summed E-state index contributed by atoms with van der Waals surface area (Å²) >= 11 is 9.73. The van der Waals surface area contributed by atoms with Crippen molar-refractivity contribution in [1.82, 2.24) is 4.90 Å². The first kappa shape index (κ1) is 16.3. The highest BCUT2D eigenvalue weighted by atomic mass is 79.9. The first-order chi connectivity index (χ1) is 9.63. The maximum atomic E-state index is 5.95. The molecule has 1 aromatic carbocycles. The summed E-state index contributed by atoms with van der Waals surface area (Å²) in [6.45, 7) is 2.19. The Morgan fingerprint density at radius 3 is 2.25 bits per heavy atom. The van der Waals surface area contributed by atoms with Gasteiger partial charge in [-0.15, -0.1) is 0 Å². The second-order valence-electron chi connectivity index (χ2n) is 6.35. The molecular formula is C17H25BrClN. The van der Waals surface area contributed by atoms with Crippen molar-refractivity contribution >= 4 is 27.5 Å². The summed E-state index contributed by atoms with van der Waals surface area (Å²) in [5.74, 6) is 0. The van der Waals surface area contributed by atoms with Crippen molar-refractivity contribution in [3.05, 3.63) is 34.9 Å². The molecule has 0 N–H and O–H groups in total. The summed E-state index contributed by atoms with van der Waals surface area (Å²) in [7, 11) is 2.24. The van der Waals surface area contributed by atoms with Crippen LogP contribution in [-0.4, -0.2) is 23.8 Å². The Labute approximate surface area is 136 Å². The lowest BCUT2D eigenvalue weighted by Gasteiger charge is -2.35. The molecular weight excluding hydrogens is 334 g/mol. The van der Waals surface area contributed by atoms with E-state index in [-0.39, 0.29) is 0 Å². The Bertz CT molecular complexity index is 396. The van der Waals surface area contributed by atoms with Crippen LogP contribution in [0.25, 0.3) is 0 Å². The molecule has 1 aromatic rings. The highest BCUT2D eigenvalue weighted by molar-refractivity contribution is 9.09. The van der Waals surface area contributed by atoms with Gasteiger partial charge >= 0.3 is 0 Å². The highest BCUT2D eigenvalue weighted by Crippen LogP contribution is 2.37. The summed E-state index contributed by atoms with van der Waals surface area (Å²) < 4.78 is 0. The molecule has 2 rings (SSSR count). The van der Waals surface area contributed by atoms with E-state index in [1.807, 2.05) is 12.1 Å². The topological polar surface area (TPSA) is 3.24 Å². The summed E-state index contributed by atoms with van der Waals surface area (Å²) in [6.07, 6.45) is 8.33. The summed E-state index contributed by atoms with van der Waals surface area (Å²) in [5, 5.41) is 1.95. The van der Waals surface area contributed by atoms with Gasteiger partial charge in [0.15, 0.2) is 0 Å². The van der Waals surface area contributed by atoms with Gasteiger partial charge in [0.05, 0.1) is 0 Å². The van der Waals surface area contributed by atoms with E-state index in [0.717, 1.165) is 16.9 Å². The smallest absolute Gasteiger partial charge is 0.0406 e. The van der Waals surface area contributed by atoms with Crippen molar-refractivity contribution in [2.75, 3.05) is 18.9 Å². The van der Waals surface area contributed by atoms with Crippen LogP contribution in [0, 0.1) is 5.41 Å². The number of alkyl halides is 1. The summed E-state index contributed by atoms with van der Waals surface area (Å²) in [5.41, 5.74) is 1.81. The van der Waals surface area contributed by atoms with Crippen molar-refractivity contribution in [2.24, 2.45) is 5.41 Å². The molecule has 1 nitrogen and oxygen atoms in total. The van der Waals surface area contributed by atoms with E-state index in [2.05, 4.69) is 40.0 Å². The number of rotatable bonds is 5. The molecule has 0 bridgehead atoms. The fraction of sp³-hybridized carbons (Fsp3) is 0.647. The van der Waals surface area contributed by atoms with E-state index in [4.69, 9.17) is 11.6 Å². The monoisotopic (exact) mass is 357 g/mol. The Morgan fingerprint density at radius 2 is 1.70 bits per heavy atom. The van der Waals surface area contributed by atoms with Gasteiger partial charge in [-0.25, -0.2) is 0 Å². The zero-order chi connectivity index (χ0) is 14.4. The third-order valence-electron chi connectivity index (χ3n) is 4.42. The molecule has 0 saturated heterocycles. The molecule has 3 heteroatoms. The molecule has 0 spiro atoms. The third-order valence-corrected chi connectivity index (χ3v) is 5.86. The molecule has 20 heavy (non-hydrogen) atoms. The van der Waals surface area contributed by atoms with Gasteiger partial charge in [0.1, 0.15) is 0 Å². The molecule has 0 atom stereocenters. The minimum Gasteiger partial charge on any atom is -0.302 e. The van der Waals surface area contributed by atoms with Crippen molar-refractivity contribution in [3.63, 3.8) is 0 Å². The third kappa shape index (κ3) is 4.75. The van der Waals surface area contributed by atoms with Crippen LogP contribution >= 0.6 is 27.5 Å². The minimum atomic E-state index is 0.470. The Hall–Kier alpha value is -0.0500. The molecule has 0 radical (unpaired) electrons. The van der Waals surface area contributed by atoms with Crippen LogP contribution in [0.3, 0.4) is 0 Å². The van der Waals surface area contributed by atoms with Gasteiger partial charge in [-0.3, -0.25) is 0 Å². The quantitative estimate of drug-likeness (QED) is 0.495. The molecule has 0 aliphatic heterocycles. The number of hydrogen-bond acceptors (Lipinski definition) is 1. The molecule has 0 heterocycles. The average Bonchev–Trinajstić information content (AvgIpc) is 2.67. The van der Waals surface area contributed by atoms with Crippen LogP contribution in [0.4, 0.5) is 0 Å². The fourth-order valence-electron chi connectivity index (χ4n) is 3.34. The Balaban J connectivity index is 1.94. The minimum absolute atomic E-state index is 0.470. The first-order valence-corrected chi connectivity index (χ1v) is 9.12. The van der Waals surface area contributed by atoms with E-state index in [1.54, 1.807) is 0 Å². The Kier molecular flexibility index (Phi) is 6.38. The van der Waals surface area contributed by atoms with Gasteiger partial charge in [0.2, 0.25) is 0 Å². The summed E-state index contributed by atoms with van der Waals surface area (Å²) in [6, 6.07) is 8.23. The van der Waals surface area contributed by atoms with E-state index in [1.165, 1.54) is 50.6 Å². The highest BCUT2D eigenvalue weighted by Gasteiger charge is 2.30. The van der Waals surface area contributed by atoms with Crippen molar-refractivity contribution in [1.29, 1.82) is 0 Å². The van der Waals surface area contributed by atoms with Gasteiger partial charge in [-0.2, -0.15) is 0 Å². The van der Waals surface area contributed by atoms with E-state index in [9.17, 15) is 0 Å². The van der Waals surface area contributed by atoms with Gasteiger partial charge in [-0.1, -0.05) is 65.3 Å². The molecule has 0 unspecified atom stereocenters. The van der Waals surface area contributed by atoms with Crippen LogP contribution in [0.15, 0.2) is 24.3 Å². The number of nitrogens with zero attached hydrogens (tertiary/aromatic N) is 1. The lowest BCUT2D eigenvalue weighted by molar-refractivity contribution is 0.171. The second-order valence-corrected chi connectivity index (χ2v) is 7.34. The van der Waals surface area contributed by atoms with Crippen LogP contribution in [0.2, 0.25) is 5.02 Å². The van der Waals surface area contributed by atoms with Crippen molar-refractivity contribution in [2.45, 2.75) is 45.1 Å². The molecule has 0 aromatic heterocycles. The van der Waals surface area contributed by atoms with Crippen LogP contribution in [-0.2, 0) is 6.54 Å². The van der Waals surface area contributed by atoms with Crippen molar-refractivity contribution in [3.8, 4) is 0 Å². The predicted octanol–water partition coefficient (Wildman–Crippen LogP) is 5.51. The maximum Gasteiger partial charge on any atom is 0.0406 e. The lowest BCUT2D eigenvalue weighted by atomic mass is 9.82. The zero-order valence-corrected chi connectivity index (χ0v) is 14.7. The zero-order valence-electron chi connectivity index (χ0n) is 12.4. The van der Waals surface area contributed by atoms with E-state index >= 15 is 0 Å². The van der Waals surface area contributed by atoms with Gasteiger partial charge in [0, 0.05) is 23.4 Å². The summed E-state index contributed by atoms with van der Waals surface area (Å²) in [4.78, 5) is 2.47. The molecule has 0 amide bonds. The normalized spacial score (nSPS) is 19.0. The molecule has 1 fully saturated rings. The SMILES string of the molecule is CN(Cc1ccc(Cl)cc1)CC1(CBr)CCCCCC1. The van der Waals surface area contributed by atoms with Gasteiger partial charge in [0.25, 0.3) is 0 Å². The standard InChI is InChI=1S/C17H25BrClN/c1-20(12-15-6-8-16(19)9-7-15)14-17(13-18)10-4-2-3-5-11-17/h6-9H,2-5,10-14H2,1H3. The Morgan fingerprint density at radius 1 is 1.10 bits per heavy atom. The fourth-order valence-corrected chi connectivity index (χ4v) is 4.21. The number of hydrogen-bond donors (Lipinski definition) is 0. The predicted molar refractivity (Wildman–Crippen MR) is 91.7 cm³/mol. The van der Waals surface area contributed by atoms with E-state index < -0.39 is 0 Å². The largest absolute Gasteiger partial charge is 0.302 e. The molecule has 1 aliphatic carbocycles. The van der Waals surface area contributed by atoms with E-state index in [0.29, 0.717) is 5.41 Å². The van der Waals surface area contributed by atoms with Crippen LogP contribution < -0.4 is 0 Å². The second kappa shape index (κ2) is 7.82. The number of halogens is 2. The van der Waals surface area contributed by atoms with Gasteiger partial charge in [-0.05, 0) is 43.0 Å².